The Labute approximate surface area is 243 Å². The summed E-state index contributed by atoms with van der Waals surface area (Å²) >= 11 is 0. The summed E-state index contributed by atoms with van der Waals surface area (Å²) in [5.41, 5.74) is 2.37. The molecule has 0 heterocycles. The zero-order valence-electron chi connectivity index (χ0n) is 25.0. The maximum atomic E-state index is 11.3. The van der Waals surface area contributed by atoms with Crippen LogP contribution in [0.5, 0.6) is 11.5 Å². The first-order chi connectivity index (χ1) is 19.6. The molecule has 220 valence electrons. The maximum Gasteiger partial charge on any atom is 0.333 e. The predicted molar refractivity (Wildman–Crippen MR) is 167 cm³/mol. The standard InChI is InChI=1S/C35H51NO4/c1-4-5-6-7-8-9-10-11-12-15-26-39-34-24-20-32(21-25-34)36-29-31-18-22-33(23-19-31)38-27-16-13-14-17-28-40-35(37)30(2)3/h18-25,29H,2,4-17,26-28H2,1,3H3. The third-order valence-corrected chi connectivity index (χ3v) is 6.74. The van der Waals surface area contributed by atoms with Gasteiger partial charge in [0.15, 0.2) is 0 Å². The highest BCUT2D eigenvalue weighted by atomic mass is 16.5. The number of unbranched alkanes of at least 4 members (excludes halogenated alkanes) is 12. The molecule has 2 aromatic rings. The molecular weight excluding hydrogens is 498 g/mol. The molecule has 0 N–H and O–H groups in total. The van der Waals surface area contributed by atoms with Gasteiger partial charge < -0.3 is 14.2 Å². The number of aliphatic imine (C=N–C) groups is 1. The van der Waals surface area contributed by atoms with Gasteiger partial charge in [-0.15, -0.1) is 0 Å². The summed E-state index contributed by atoms with van der Waals surface area (Å²) in [6.45, 7) is 9.41. The van der Waals surface area contributed by atoms with E-state index in [4.69, 9.17) is 14.2 Å². The molecule has 0 aliphatic carbocycles. The number of ether oxygens (including phenoxy) is 3. The minimum Gasteiger partial charge on any atom is -0.494 e. The third kappa shape index (κ3) is 16.1. The van der Waals surface area contributed by atoms with Crippen LogP contribution >= 0.6 is 0 Å². The van der Waals surface area contributed by atoms with E-state index in [1.807, 2.05) is 54.7 Å². The Morgan fingerprint density at radius 1 is 0.675 bits per heavy atom. The van der Waals surface area contributed by atoms with Gasteiger partial charge in [-0.3, -0.25) is 4.99 Å². The fourth-order valence-corrected chi connectivity index (χ4v) is 4.24. The van der Waals surface area contributed by atoms with Crippen molar-refractivity contribution in [1.82, 2.24) is 0 Å². The molecule has 0 fully saturated rings. The maximum absolute atomic E-state index is 11.3. The molecule has 0 amide bonds. The van der Waals surface area contributed by atoms with Gasteiger partial charge in [0.05, 0.1) is 25.5 Å². The smallest absolute Gasteiger partial charge is 0.333 e. The largest absolute Gasteiger partial charge is 0.494 e. The number of benzene rings is 2. The molecule has 40 heavy (non-hydrogen) atoms. The lowest BCUT2D eigenvalue weighted by atomic mass is 10.1. The van der Waals surface area contributed by atoms with E-state index in [1.54, 1.807) is 6.92 Å². The Balaban J connectivity index is 1.53. The lowest BCUT2D eigenvalue weighted by Crippen LogP contribution is -2.06. The summed E-state index contributed by atoms with van der Waals surface area (Å²) in [4.78, 5) is 15.9. The van der Waals surface area contributed by atoms with Gasteiger partial charge >= 0.3 is 5.97 Å². The number of hydrogen-bond acceptors (Lipinski definition) is 5. The molecule has 0 spiro atoms. The van der Waals surface area contributed by atoms with E-state index in [9.17, 15) is 4.79 Å². The van der Waals surface area contributed by atoms with Gasteiger partial charge in [0.25, 0.3) is 0 Å². The average molecular weight is 550 g/mol. The second-order valence-corrected chi connectivity index (χ2v) is 10.5. The van der Waals surface area contributed by atoms with Crippen LogP contribution in [0, 0.1) is 0 Å². The van der Waals surface area contributed by atoms with E-state index in [0.29, 0.717) is 18.8 Å². The van der Waals surface area contributed by atoms with Crippen molar-refractivity contribution in [2.75, 3.05) is 19.8 Å². The molecule has 2 rings (SSSR count). The molecule has 0 atom stereocenters. The highest BCUT2D eigenvalue weighted by Crippen LogP contribution is 2.19. The van der Waals surface area contributed by atoms with Crippen molar-refractivity contribution in [3.63, 3.8) is 0 Å². The molecule has 0 saturated carbocycles. The average Bonchev–Trinajstić information content (AvgIpc) is 2.97. The molecule has 0 aliphatic heterocycles. The lowest BCUT2D eigenvalue weighted by Gasteiger charge is -2.07. The van der Waals surface area contributed by atoms with Crippen molar-refractivity contribution < 1.29 is 19.0 Å². The molecule has 0 saturated heterocycles. The molecule has 0 radical (unpaired) electrons. The highest BCUT2D eigenvalue weighted by molar-refractivity contribution is 5.86. The number of nitrogens with zero attached hydrogens (tertiary/aromatic N) is 1. The molecule has 0 bridgehead atoms. The Morgan fingerprint density at radius 2 is 1.12 bits per heavy atom. The predicted octanol–water partition coefficient (Wildman–Crippen LogP) is 9.80. The SMILES string of the molecule is C=C(C)C(=O)OCCCCCCOc1ccc(C=Nc2ccc(OCCCCCCCCCCCC)cc2)cc1. The Bertz CT molecular complexity index is 966. The summed E-state index contributed by atoms with van der Waals surface area (Å²) in [6.07, 6.45) is 19.1. The lowest BCUT2D eigenvalue weighted by molar-refractivity contribution is -0.139. The molecule has 0 unspecified atom stereocenters. The highest BCUT2D eigenvalue weighted by Gasteiger charge is 2.02. The second kappa shape index (κ2) is 21.7. The zero-order valence-corrected chi connectivity index (χ0v) is 25.0. The number of rotatable bonds is 23. The van der Waals surface area contributed by atoms with Crippen molar-refractivity contribution in [3.8, 4) is 11.5 Å². The van der Waals surface area contributed by atoms with Crippen molar-refractivity contribution in [2.45, 2.75) is 104 Å². The first-order valence-corrected chi connectivity index (χ1v) is 15.4. The fourth-order valence-electron chi connectivity index (χ4n) is 4.24. The van der Waals surface area contributed by atoms with E-state index >= 15 is 0 Å². The van der Waals surface area contributed by atoms with E-state index in [0.717, 1.165) is 61.5 Å². The zero-order chi connectivity index (χ0) is 28.7. The minimum atomic E-state index is -0.311. The molecule has 5 heteroatoms. The summed E-state index contributed by atoms with van der Waals surface area (Å²) in [7, 11) is 0. The monoisotopic (exact) mass is 549 g/mol. The quantitative estimate of drug-likeness (QED) is 0.0599. The van der Waals surface area contributed by atoms with E-state index < -0.39 is 0 Å². The van der Waals surface area contributed by atoms with Gasteiger partial charge in [0.2, 0.25) is 0 Å². The third-order valence-electron chi connectivity index (χ3n) is 6.74. The Kier molecular flexibility index (Phi) is 18.0. The van der Waals surface area contributed by atoms with E-state index in [-0.39, 0.29) is 5.97 Å². The molecule has 5 nitrogen and oxygen atoms in total. The van der Waals surface area contributed by atoms with Crippen LogP contribution in [0.3, 0.4) is 0 Å². The first-order valence-electron chi connectivity index (χ1n) is 15.4. The van der Waals surface area contributed by atoms with E-state index in [2.05, 4.69) is 18.5 Å². The Morgan fingerprint density at radius 3 is 1.62 bits per heavy atom. The van der Waals surface area contributed by atoms with Gasteiger partial charge in [-0.25, -0.2) is 4.79 Å². The van der Waals surface area contributed by atoms with Gasteiger partial charge in [0.1, 0.15) is 11.5 Å². The van der Waals surface area contributed by atoms with Gasteiger partial charge in [-0.1, -0.05) is 71.3 Å². The number of carbonyl (C=O) groups is 1. The van der Waals surface area contributed by atoms with Gasteiger partial charge in [0, 0.05) is 11.8 Å². The summed E-state index contributed by atoms with van der Waals surface area (Å²) < 4.78 is 16.8. The second-order valence-electron chi connectivity index (χ2n) is 10.5. The number of esters is 1. The van der Waals surface area contributed by atoms with Crippen LogP contribution in [0.25, 0.3) is 0 Å². The fraction of sp³-hybridized carbons (Fsp3) is 0.543. The van der Waals surface area contributed by atoms with Crippen LogP contribution in [0.4, 0.5) is 5.69 Å². The van der Waals surface area contributed by atoms with Crippen molar-refractivity contribution >= 4 is 17.9 Å². The van der Waals surface area contributed by atoms with Crippen molar-refractivity contribution in [1.29, 1.82) is 0 Å². The Hall–Kier alpha value is -3.08. The van der Waals surface area contributed by atoms with Gasteiger partial charge in [-0.05, 0) is 93.1 Å². The van der Waals surface area contributed by atoms with Crippen LogP contribution < -0.4 is 9.47 Å². The molecule has 2 aromatic carbocycles. The first kappa shape index (κ1) is 33.1. The summed E-state index contributed by atoms with van der Waals surface area (Å²) in [6, 6.07) is 15.9. The topological polar surface area (TPSA) is 57.1 Å². The summed E-state index contributed by atoms with van der Waals surface area (Å²) in [5, 5.41) is 0. The molecule has 0 aromatic heterocycles. The van der Waals surface area contributed by atoms with Crippen LogP contribution in [0.1, 0.15) is 109 Å². The van der Waals surface area contributed by atoms with Crippen molar-refractivity contribution in [2.24, 2.45) is 4.99 Å². The summed E-state index contributed by atoms with van der Waals surface area (Å²) in [5.74, 6) is 1.45. The number of hydrogen-bond donors (Lipinski definition) is 0. The van der Waals surface area contributed by atoms with Crippen LogP contribution in [0.2, 0.25) is 0 Å². The normalized spacial score (nSPS) is 11.1. The molecule has 0 aliphatic rings. The number of carbonyl (C=O) groups excluding carboxylic acids is 1. The minimum absolute atomic E-state index is 0.311. The van der Waals surface area contributed by atoms with Gasteiger partial charge in [-0.2, -0.15) is 0 Å². The van der Waals surface area contributed by atoms with Crippen LogP contribution in [0.15, 0.2) is 65.7 Å². The van der Waals surface area contributed by atoms with Crippen LogP contribution in [-0.4, -0.2) is 32.0 Å². The van der Waals surface area contributed by atoms with E-state index in [1.165, 1.54) is 57.8 Å². The molecular formula is C35H51NO4. The van der Waals surface area contributed by atoms with Crippen molar-refractivity contribution in [3.05, 3.63) is 66.2 Å². The van der Waals surface area contributed by atoms with Crippen LogP contribution in [-0.2, 0) is 9.53 Å².